The number of rotatable bonds is 4. The van der Waals surface area contributed by atoms with Crippen molar-refractivity contribution in [2.45, 2.75) is 36.0 Å². The van der Waals surface area contributed by atoms with Gasteiger partial charge in [0.25, 0.3) is 0 Å². The van der Waals surface area contributed by atoms with Gasteiger partial charge in [-0.15, -0.1) is 24.2 Å². The number of halogens is 2. The monoisotopic (exact) mass is 334 g/mol. The van der Waals surface area contributed by atoms with Crippen LogP contribution in [0.4, 0.5) is 0 Å². The zero-order chi connectivity index (χ0) is 13.7. The van der Waals surface area contributed by atoms with Crippen LogP contribution in [-0.2, 0) is 4.79 Å². The van der Waals surface area contributed by atoms with Crippen molar-refractivity contribution >= 4 is 41.7 Å². The zero-order valence-corrected chi connectivity index (χ0v) is 13.8. The topological polar surface area (TPSA) is 41.1 Å². The highest BCUT2D eigenvalue weighted by molar-refractivity contribution is 8.00. The molecule has 1 amide bonds. The van der Waals surface area contributed by atoms with Gasteiger partial charge in [0.05, 0.1) is 10.3 Å². The number of carbonyl (C=O) groups excluding carboxylic acids is 1. The van der Waals surface area contributed by atoms with Crippen LogP contribution in [0.15, 0.2) is 29.2 Å². The fraction of sp³-hybridized carbons (Fsp3) is 0.500. The number of carbonyl (C=O) groups is 1. The third kappa shape index (κ3) is 5.17. The molecule has 6 heteroatoms. The van der Waals surface area contributed by atoms with Crippen LogP contribution < -0.4 is 10.6 Å². The highest BCUT2D eigenvalue weighted by Gasteiger charge is 2.20. The molecule has 112 valence electrons. The van der Waals surface area contributed by atoms with Gasteiger partial charge in [-0.3, -0.25) is 4.79 Å². The molecule has 0 aromatic heterocycles. The highest BCUT2D eigenvalue weighted by atomic mass is 35.5. The summed E-state index contributed by atoms with van der Waals surface area (Å²) in [5.74, 6) is 0.0821. The van der Waals surface area contributed by atoms with Gasteiger partial charge in [-0.25, -0.2) is 0 Å². The predicted molar refractivity (Wildman–Crippen MR) is 88.1 cm³/mol. The fourth-order valence-corrected chi connectivity index (χ4v) is 3.24. The molecule has 1 aliphatic rings. The minimum absolute atomic E-state index is 0. The van der Waals surface area contributed by atoms with Gasteiger partial charge >= 0.3 is 0 Å². The first-order valence-electron chi connectivity index (χ1n) is 6.59. The molecule has 2 rings (SSSR count). The maximum absolute atomic E-state index is 12.1. The van der Waals surface area contributed by atoms with Gasteiger partial charge in [-0.2, -0.15) is 0 Å². The van der Waals surface area contributed by atoms with Gasteiger partial charge in [-0.05, 0) is 38.4 Å². The van der Waals surface area contributed by atoms with Crippen LogP contribution in [0, 0.1) is 0 Å². The van der Waals surface area contributed by atoms with Gasteiger partial charge in [-0.1, -0.05) is 23.7 Å². The van der Waals surface area contributed by atoms with E-state index in [-0.39, 0.29) is 29.6 Å². The molecule has 2 N–H and O–H groups in total. The fourth-order valence-electron chi connectivity index (χ4n) is 2.08. The summed E-state index contributed by atoms with van der Waals surface area (Å²) in [6.07, 6.45) is 2.18. The maximum atomic E-state index is 12.1. The van der Waals surface area contributed by atoms with Crippen LogP contribution in [0.2, 0.25) is 5.02 Å². The number of thioether (sulfide) groups is 1. The average molecular weight is 335 g/mol. The first kappa shape index (κ1) is 17.6. The van der Waals surface area contributed by atoms with Crippen LogP contribution in [0.3, 0.4) is 0 Å². The molecule has 1 aromatic rings. The van der Waals surface area contributed by atoms with E-state index in [2.05, 4.69) is 10.6 Å². The SMILES string of the molecule is CC(Sc1ccccc1Cl)C(=O)N[C@H]1CCCNC1.Cl. The van der Waals surface area contributed by atoms with Crippen LogP contribution in [0.1, 0.15) is 19.8 Å². The van der Waals surface area contributed by atoms with Crippen LogP contribution in [-0.4, -0.2) is 30.3 Å². The number of benzene rings is 1. The second-order valence-electron chi connectivity index (χ2n) is 4.74. The van der Waals surface area contributed by atoms with Crippen LogP contribution in [0.5, 0.6) is 0 Å². The Labute approximate surface area is 135 Å². The molecule has 1 aromatic carbocycles. The van der Waals surface area contributed by atoms with E-state index in [4.69, 9.17) is 11.6 Å². The first-order valence-corrected chi connectivity index (χ1v) is 7.85. The van der Waals surface area contributed by atoms with Gasteiger partial charge in [0, 0.05) is 17.5 Å². The Morgan fingerprint density at radius 2 is 2.25 bits per heavy atom. The highest BCUT2D eigenvalue weighted by Crippen LogP contribution is 2.30. The number of hydrogen-bond donors (Lipinski definition) is 2. The summed E-state index contributed by atoms with van der Waals surface area (Å²) in [5.41, 5.74) is 0. The second kappa shape index (κ2) is 8.78. The standard InChI is InChI=1S/C14H19ClN2OS.ClH/c1-10(19-13-7-3-2-6-12(13)15)14(18)17-11-5-4-8-16-9-11;/h2-3,6-7,10-11,16H,4-5,8-9H2,1H3,(H,17,18);1H/t10?,11-;/m0./s1. The molecule has 1 heterocycles. The molecule has 0 radical (unpaired) electrons. The lowest BCUT2D eigenvalue weighted by Crippen LogP contribution is -2.47. The van der Waals surface area contributed by atoms with Crippen LogP contribution in [0.25, 0.3) is 0 Å². The van der Waals surface area contributed by atoms with Gasteiger partial charge < -0.3 is 10.6 Å². The molecule has 1 fully saturated rings. The predicted octanol–water partition coefficient (Wildman–Crippen LogP) is 3.11. The van der Waals surface area contributed by atoms with Crippen molar-refractivity contribution in [3.63, 3.8) is 0 Å². The third-order valence-corrected chi connectivity index (χ3v) is 4.77. The van der Waals surface area contributed by atoms with Gasteiger partial charge in [0.1, 0.15) is 0 Å². The van der Waals surface area contributed by atoms with Gasteiger partial charge in [0.2, 0.25) is 5.91 Å². The second-order valence-corrected chi connectivity index (χ2v) is 6.53. The molecule has 2 atom stereocenters. The van der Waals surface area contributed by atoms with Crippen molar-refractivity contribution in [3.8, 4) is 0 Å². The summed E-state index contributed by atoms with van der Waals surface area (Å²) in [5, 5.41) is 6.95. The lowest BCUT2D eigenvalue weighted by atomic mass is 10.1. The lowest BCUT2D eigenvalue weighted by Gasteiger charge is -2.25. The minimum atomic E-state index is -0.137. The van der Waals surface area contributed by atoms with Crippen LogP contribution >= 0.6 is 35.8 Å². The largest absolute Gasteiger partial charge is 0.351 e. The summed E-state index contributed by atoms with van der Waals surface area (Å²) >= 11 is 7.60. The molecule has 3 nitrogen and oxygen atoms in total. The third-order valence-electron chi connectivity index (χ3n) is 3.15. The Balaban J connectivity index is 0.00000200. The van der Waals surface area contributed by atoms with E-state index >= 15 is 0 Å². The molecule has 1 saturated heterocycles. The van der Waals surface area contributed by atoms with E-state index in [1.807, 2.05) is 31.2 Å². The van der Waals surface area contributed by atoms with Crippen molar-refractivity contribution < 1.29 is 4.79 Å². The number of nitrogens with one attached hydrogen (secondary N) is 2. The normalized spacial score (nSPS) is 19.8. The van der Waals surface area contributed by atoms with Crippen molar-refractivity contribution in [1.29, 1.82) is 0 Å². The molecular formula is C14H20Cl2N2OS. The van der Waals surface area contributed by atoms with Crippen molar-refractivity contribution in [1.82, 2.24) is 10.6 Å². The molecule has 0 saturated carbocycles. The molecule has 0 aliphatic carbocycles. The average Bonchev–Trinajstić information content (AvgIpc) is 2.42. The summed E-state index contributed by atoms with van der Waals surface area (Å²) in [4.78, 5) is 13.1. The van der Waals surface area contributed by atoms with Crippen molar-refractivity contribution in [3.05, 3.63) is 29.3 Å². The first-order chi connectivity index (χ1) is 9.16. The Morgan fingerprint density at radius 3 is 2.90 bits per heavy atom. The summed E-state index contributed by atoms with van der Waals surface area (Å²) in [6, 6.07) is 7.88. The Hall–Kier alpha value is -0.420. The number of amides is 1. The van der Waals surface area contributed by atoms with E-state index in [9.17, 15) is 4.79 Å². The van der Waals surface area contributed by atoms with Crippen molar-refractivity contribution in [2.24, 2.45) is 0 Å². The summed E-state index contributed by atoms with van der Waals surface area (Å²) in [6.45, 7) is 3.84. The van der Waals surface area contributed by atoms with E-state index in [0.717, 1.165) is 30.8 Å². The van der Waals surface area contributed by atoms with E-state index in [1.54, 1.807) is 0 Å². The quantitative estimate of drug-likeness (QED) is 0.831. The maximum Gasteiger partial charge on any atom is 0.233 e. The molecule has 0 spiro atoms. The lowest BCUT2D eigenvalue weighted by molar-refractivity contribution is -0.121. The molecular weight excluding hydrogens is 315 g/mol. The molecule has 1 unspecified atom stereocenters. The smallest absolute Gasteiger partial charge is 0.233 e. The molecule has 1 aliphatic heterocycles. The minimum Gasteiger partial charge on any atom is -0.351 e. The molecule has 20 heavy (non-hydrogen) atoms. The van der Waals surface area contributed by atoms with E-state index in [1.165, 1.54) is 11.8 Å². The molecule has 0 bridgehead atoms. The summed E-state index contributed by atoms with van der Waals surface area (Å²) in [7, 11) is 0. The number of piperidine rings is 1. The van der Waals surface area contributed by atoms with E-state index in [0.29, 0.717) is 5.02 Å². The van der Waals surface area contributed by atoms with E-state index < -0.39 is 0 Å². The Kier molecular flexibility index (Phi) is 7.74. The van der Waals surface area contributed by atoms with Gasteiger partial charge in [0.15, 0.2) is 0 Å². The Morgan fingerprint density at radius 1 is 1.50 bits per heavy atom. The van der Waals surface area contributed by atoms with Crippen molar-refractivity contribution in [2.75, 3.05) is 13.1 Å². The Bertz CT molecular complexity index is 439. The zero-order valence-electron chi connectivity index (χ0n) is 11.4. The summed E-state index contributed by atoms with van der Waals surface area (Å²) < 4.78 is 0. The number of hydrogen-bond acceptors (Lipinski definition) is 3.